The van der Waals surface area contributed by atoms with Crippen molar-refractivity contribution in [3.63, 3.8) is 0 Å². The molecule has 0 fully saturated rings. The molecular weight excluding hydrogens is 165 g/mol. The van der Waals surface area contributed by atoms with Gasteiger partial charge in [-0.05, 0) is 5.30 Å². The highest BCUT2D eigenvalue weighted by atomic mass is 31.0. The SMILES string of the molecule is O=[N+]([O-])O.Pc1ccccc1. The summed E-state index contributed by atoms with van der Waals surface area (Å²) in [4.78, 5) is 8.36. The van der Waals surface area contributed by atoms with Crippen molar-refractivity contribution in [2.24, 2.45) is 0 Å². The summed E-state index contributed by atoms with van der Waals surface area (Å²) < 4.78 is 0. The first kappa shape index (κ1) is 9.85. The molecule has 0 aliphatic carbocycles. The van der Waals surface area contributed by atoms with Gasteiger partial charge >= 0.3 is 0 Å². The van der Waals surface area contributed by atoms with Crippen LogP contribution in [0.4, 0.5) is 0 Å². The van der Waals surface area contributed by atoms with Crippen molar-refractivity contribution in [1.29, 1.82) is 0 Å². The molecule has 1 rings (SSSR count). The summed E-state index contributed by atoms with van der Waals surface area (Å²) in [6, 6.07) is 10.1. The van der Waals surface area contributed by atoms with E-state index in [4.69, 9.17) is 15.3 Å². The molecule has 1 aromatic carbocycles. The average Bonchev–Trinajstić information content (AvgIpc) is 1.87. The van der Waals surface area contributed by atoms with Crippen LogP contribution in [-0.4, -0.2) is 10.3 Å². The number of nitrogens with zero attached hydrogens (tertiary/aromatic N) is 1. The van der Waals surface area contributed by atoms with E-state index in [0.717, 1.165) is 0 Å². The second kappa shape index (κ2) is 5.62. The Kier molecular flexibility index (Phi) is 5.03. The van der Waals surface area contributed by atoms with E-state index in [1.54, 1.807) is 0 Å². The molecule has 11 heavy (non-hydrogen) atoms. The molecule has 0 bridgehead atoms. The van der Waals surface area contributed by atoms with Crippen LogP contribution in [-0.2, 0) is 0 Å². The number of hydrogen-bond donors (Lipinski definition) is 1. The van der Waals surface area contributed by atoms with Gasteiger partial charge in [-0.25, -0.2) is 0 Å². The van der Waals surface area contributed by atoms with Gasteiger partial charge in [0.05, 0.1) is 0 Å². The van der Waals surface area contributed by atoms with Crippen molar-refractivity contribution in [3.05, 3.63) is 40.4 Å². The minimum Gasteiger partial charge on any atom is -0.328 e. The Balaban J connectivity index is 0.000000218. The molecule has 0 heterocycles. The van der Waals surface area contributed by atoms with Crippen molar-refractivity contribution in [2.75, 3.05) is 0 Å². The minimum absolute atomic E-state index is 1.24. The third-order valence-corrected chi connectivity index (χ3v) is 1.18. The fraction of sp³-hybridized carbons (Fsp3) is 0. The highest BCUT2D eigenvalue weighted by Crippen LogP contribution is 1.86. The number of rotatable bonds is 0. The van der Waals surface area contributed by atoms with E-state index in [2.05, 4.69) is 9.24 Å². The zero-order valence-electron chi connectivity index (χ0n) is 5.68. The van der Waals surface area contributed by atoms with E-state index in [-0.39, 0.29) is 0 Å². The Bertz CT molecular complexity index is 210. The van der Waals surface area contributed by atoms with Gasteiger partial charge in [-0.1, -0.05) is 30.3 Å². The maximum absolute atomic E-state index is 8.36. The predicted octanol–water partition coefficient (Wildman–Crippen LogP) is 0.839. The Morgan fingerprint density at radius 3 is 1.91 bits per heavy atom. The van der Waals surface area contributed by atoms with Gasteiger partial charge in [-0.3, -0.25) is 0 Å². The molecule has 0 aromatic heterocycles. The van der Waals surface area contributed by atoms with Crippen LogP contribution < -0.4 is 5.30 Å². The largest absolute Gasteiger partial charge is 0.328 e. The van der Waals surface area contributed by atoms with E-state index < -0.39 is 5.09 Å². The van der Waals surface area contributed by atoms with Crippen LogP contribution >= 0.6 is 9.24 Å². The van der Waals surface area contributed by atoms with E-state index in [1.165, 1.54) is 5.30 Å². The molecule has 60 valence electrons. The van der Waals surface area contributed by atoms with E-state index in [1.807, 2.05) is 30.3 Å². The summed E-state index contributed by atoms with van der Waals surface area (Å²) in [5, 5.41) is 14.9. The zero-order valence-corrected chi connectivity index (χ0v) is 6.83. The van der Waals surface area contributed by atoms with Gasteiger partial charge in [0.1, 0.15) is 0 Å². The lowest BCUT2D eigenvalue weighted by atomic mass is 10.4. The van der Waals surface area contributed by atoms with Crippen molar-refractivity contribution in [3.8, 4) is 0 Å². The standard InChI is InChI=1S/C6H7P.HNO3/c7-6-4-2-1-3-5-6;2-1(3)4/h1-5H,7H2;(H,2,3,4). The van der Waals surface area contributed by atoms with E-state index in [9.17, 15) is 0 Å². The lowest BCUT2D eigenvalue weighted by molar-refractivity contribution is -0.742. The van der Waals surface area contributed by atoms with Crippen LogP contribution in [0.1, 0.15) is 0 Å². The summed E-state index contributed by atoms with van der Waals surface area (Å²) in [5.41, 5.74) is 0. The first-order chi connectivity index (χ1) is 5.13. The Morgan fingerprint density at radius 1 is 1.36 bits per heavy atom. The number of hydrogen-bond acceptors (Lipinski definition) is 2. The third-order valence-electron chi connectivity index (χ3n) is 0.800. The smallest absolute Gasteiger partial charge is 0.291 e. The molecule has 1 aromatic rings. The monoisotopic (exact) mass is 173 g/mol. The van der Waals surface area contributed by atoms with Gasteiger partial charge in [-0.2, -0.15) is 0 Å². The molecule has 0 amide bonds. The van der Waals surface area contributed by atoms with Crippen molar-refractivity contribution >= 4 is 14.5 Å². The molecule has 1 unspecified atom stereocenters. The highest BCUT2D eigenvalue weighted by Gasteiger charge is 1.72. The molecule has 0 spiro atoms. The normalized spacial score (nSPS) is 7.73. The van der Waals surface area contributed by atoms with E-state index >= 15 is 0 Å². The van der Waals surface area contributed by atoms with E-state index in [0.29, 0.717) is 0 Å². The summed E-state index contributed by atoms with van der Waals surface area (Å²) in [6.07, 6.45) is 0. The molecular formula is C6H8NO3P. The Hall–Kier alpha value is -1.15. The van der Waals surface area contributed by atoms with Gasteiger partial charge < -0.3 is 5.21 Å². The Morgan fingerprint density at radius 2 is 1.73 bits per heavy atom. The molecule has 4 nitrogen and oxygen atoms in total. The van der Waals surface area contributed by atoms with Gasteiger partial charge in [-0.15, -0.1) is 19.4 Å². The van der Waals surface area contributed by atoms with Gasteiger partial charge in [0.2, 0.25) is 0 Å². The third kappa shape index (κ3) is 8.85. The molecule has 5 heteroatoms. The van der Waals surface area contributed by atoms with Gasteiger partial charge in [0, 0.05) is 0 Å². The summed E-state index contributed by atoms with van der Waals surface area (Å²) in [6.45, 7) is 0. The molecule has 0 saturated carbocycles. The molecule has 1 atom stereocenters. The van der Waals surface area contributed by atoms with Crippen molar-refractivity contribution in [1.82, 2.24) is 0 Å². The first-order valence-electron chi connectivity index (χ1n) is 2.76. The molecule has 0 aliphatic heterocycles. The van der Waals surface area contributed by atoms with Crippen LogP contribution in [0.2, 0.25) is 0 Å². The molecule has 0 saturated heterocycles. The Labute approximate surface area is 66.2 Å². The molecule has 0 aliphatic rings. The average molecular weight is 173 g/mol. The maximum atomic E-state index is 8.36. The molecule has 1 N–H and O–H groups in total. The zero-order chi connectivity index (χ0) is 8.69. The van der Waals surface area contributed by atoms with Crippen LogP contribution in [0, 0.1) is 10.1 Å². The van der Waals surface area contributed by atoms with Crippen LogP contribution in [0.25, 0.3) is 0 Å². The minimum atomic E-state index is -1.50. The summed E-state index contributed by atoms with van der Waals surface area (Å²) >= 11 is 0. The quantitative estimate of drug-likeness (QED) is 0.359. The lowest BCUT2D eigenvalue weighted by Crippen LogP contribution is -1.82. The van der Waals surface area contributed by atoms with Crippen LogP contribution in [0.15, 0.2) is 30.3 Å². The van der Waals surface area contributed by atoms with Crippen molar-refractivity contribution in [2.45, 2.75) is 0 Å². The second-order valence-electron chi connectivity index (χ2n) is 1.65. The van der Waals surface area contributed by atoms with Gasteiger partial charge in [0.15, 0.2) is 0 Å². The van der Waals surface area contributed by atoms with Crippen LogP contribution in [0.5, 0.6) is 0 Å². The fourth-order valence-electron chi connectivity index (χ4n) is 0.453. The van der Waals surface area contributed by atoms with Crippen molar-refractivity contribution < 1.29 is 10.3 Å². The highest BCUT2D eigenvalue weighted by molar-refractivity contribution is 7.27. The lowest BCUT2D eigenvalue weighted by Gasteiger charge is -1.82. The summed E-state index contributed by atoms with van der Waals surface area (Å²) in [5.74, 6) is 0. The number of benzene rings is 1. The van der Waals surface area contributed by atoms with Crippen LogP contribution in [0.3, 0.4) is 0 Å². The summed E-state index contributed by atoms with van der Waals surface area (Å²) in [7, 11) is 2.63. The predicted molar refractivity (Wildman–Crippen MR) is 44.6 cm³/mol. The first-order valence-corrected chi connectivity index (χ1v) is 3.34. The second-order valence-corrected chi connectivity index (χ2v) is 2.32. The fourth-order valence-corrected chi connectivity index (χ4v) is 0.675. The maximum Gasteiger partial charge on any atom is 0.291 e. The topological polar surface area (TPSA) is 63.4 Å². The van der Waals surface area contributed by atoms with Gasteiger partial charge in [0.25, 0.3) is 5.09 Å². The molecule has 0 radical (unpaired) electrons.